The normalized spacial score (nSPS) is 19.0. The minimum absolute atomic E-state index is 0.0210. The van der Waals surface area contributed by atoms with Crippen LogP contribution in [0.5, 0.6) is 11.6 Å². The van der Waals surface area contributed by atoms with Gasteiger partial charge in [0.1, 0.15) is 35.7 Å². The molecule has 1 saturated carbocycles. The van der Waals surface area contributed by atoms with Crippen molar-refractivity contribution in [3.8, 4) is 22.9 Å². The van der Waals surface area contributed by atoms with Crippen LogP contribution in [-0.4, -0.2) is 38.3 Å². The highest BCUT2D eigenvalue weighted by molar-refractivity contribution is 5.68. The van der Waals surface area contributed by atoms with E-state index in [0.29, 0.717) is 41.5 Å². The fraction of sp³-hybridized carbons (Fsp3) is 0.485. The van der Waals surface area contributed by atoms with Gasteiger partial charge in [0.2, 0.25) is 5.88 Å². The first-order valence-electron chi connectivity index (χ1n) is 14.3. The minimum Gasteiger partial charge on any atom is -0.487 e. The van der Waals surface area contributed by atoms with Gasteiger partial charge in [-0.05, 0) is 89.1 Å². The molecule has 218 valence electrons. The summed E-state index contributed by atoms with van der Waals surface area (Å²) >= 11 is 0. The molecular formula is C33H39FN2O5. The highest BCUT2D eigenvalue weighted by atomic mass is 19.1. The van der Waals surface area contributed by atoms with Gasteiger partial charge in [0.15, 0.2) is 0 Å². The Bertz CT molecular complexity index is 1400. The average molecular weight is 563 g/mol. The first-order chi connectivity index (χ1) is 19.4. The number of aryl methyl sites for hydroxylation is 1. The number of aromatic nitrogens is 2. The third kappa shape index (κ3) is 7.41. The zero-order chi connectivity index (χ0) is 29.4. The van der Waals surface area contributed by atoms with Gasteiger partial charge in [0.25, 0.3) is 0 Å². The Labute approximate surface area is 241 Å². The van der Waals surface area contributed by atoms with Crippen molar-refractivity contribution in [3.05, 3.63) is 71.3 Å². The molecule has 1 N–H and O–H groups in total. The molecule has 1 aliphatic heterocycles. The molecule has 0 amide bonds. The van der Waals surface area contributed by atoms with E-state index in [9.17, 15) is 14.3 Å². The van der Waals surface area contributed by atoms with Gasteiger partial charge in [0.05, 0.1) is 23.8 Å². The third-order valence-corrected chi connectivity index (χ3v) is 7.70. The molecule has 0 spiro atoms. The monoisotopic (exact) mass is 562 g/mol. The first kappa shape index (κ1) is 29.0. The summed E-state index contributed by atoms with van der Waals surface area (Å²) in [6, 6.07) is 12.5. The summed E-state index contributed by atoms with van der Waals surface area (Å²) in [7, 11) is 0. The molecule has 2 heterocycles. The van der Waals surface area contributed by atoms with Crippen molar-refractivity contribution >= 4 is 5.97 Å². The second-order valence-corrected chi connectivity index (χ2v) is 12.7. The molecule has 1 atom stereocenters. The maximum absolute atomic E-state index is 15.0. The molecular weight excluding hydrogens is 523 g/mol. The van der Waals surface area contributed by atoms with E-state index < -0.39 is 11.8 Å². The Morgan fingerprint density at radius 3 is 2.54 bits per heavy atom. The van der Waals surface area contributed by atoms with Crippen molar-refractivity contribution < 1.29 is 28.5 Å². The zero-order valence-electron chi connectivity index (χ0n) is 24.4. The van der Waals surface area contributed by atoms with Crippen LogP contribution in [0.1, 0.15) is 82.5 Å². The molecule has 0 bridgehead atoms. The van der Waals surface area contributed by atoms with Gasteiger partial charge in [0, 0.05) is 18.4 Å². The Balaban J connectivity index is 1.40. The van der Waals surface area contributed by atoms with Crippen LogP contribution in [0.2, 0.25) is 0 Å². The van der Waals surface area contributed by atoms with Gasteiger partial charge in [-0.3, -0.25) is 4.79 Å². The number of benzene rings is 2. The number of hydrogen-bond donors (Lipinski definition) is 1. The van der Waals surface area contributed by atoms with Crippen molar-refractivity contribution in [2.45, 2.75) is 96.6 Å². The van der Waals surface area contributed by atoms with Gasteiger partial charge >= 0.3 is 5.97 Å². The summed E-state index contributed by atoms with van der Waals surface area (Å²) < 4.78 is 33.8. The molecule has 1 aliphatic carbocycles. The zero-order valence-corrected chi connectivity index (χ0v) is 24.4. The average Bonchev–Trinajstić information content (AvgIpc) is 3.71. The lowest BCUT2D eigenvalue weighted by Gasteiger charge is -2.44. The van der Waals surface area contributed by atoms with E-state index in [1.165, 1.54) is 6.07 Å². The molecule has 7 nitrogen and oxygen atoms in total. The highest BCUT2D eigenvalue weighted by Gasteiger charge is 2.41. The maximum atomic E-state index is 15.0. The lowest BCUT2D eigenvalue weighted by Crippen LogP contribution is -2.49. The molecule has 5 rings (SSSR count). The van der Waals surface area contributed by atoms with Gasteiger partial charge < -0.3 is 19.3 Å². The van der Waals surface area contributed by atoms with E-state index in [0.717, 1.165) is 24.0 Å². The number of carboxylic acids is 1. The van der Waals surface area contributed by atoms with Crippen molar-refractivity contribution in [1.29, 1.82) is 0 Å². The molecule has 2 aliphatic rings. The van der Waals surface area contributed by atoms with Crippen LogP contribution in [0.3, 0.4) is 0 Å². The van der Waals surface area contributed by atoms with Crippen LogP contribution in [0.15, 0.2) is 48.7 Å². The fourth-order valence-corrected chi connectivity index (χ4v) is 6.04. The number of carbonyl (C=O) groups is 1. The van der Waals surface area contributed by atoms with Crippen LogP contribution in [-0.2, 0) is 16.1 Å². The highest BCUT2D eigenvalue weighted by Crippen LogP contribution is 2.45. The van der Waals surface area contributed by atoms with Crippen LogP contribution in [0.25, 0.3) is 11.3 Å². The Kier molecular flexibility index (Phi) is 8.06. The number of ether oxygens (including phenoxy) is 3. The summed E-state index contributed by atoms with van der Waals surface area (Å²) in [5.41, 5.74) is 2.32. The third-order valence-electron chi connectivity index (χ3n) is 7.70. The molecule has 3 aromatic rings. The number of halogens is 1. The topological polar surface area (TPSA) is 90.8 Å². The van der Waals surface area contributed by atoms with Gasteiger partial charge in [-0.25, -0.2) is 14.4 Å². The smallest absolute Gasteiger partial charge is 0.303 e. The molecule has 41 heavy (non-hydrogen) atoms. The molecule has 2 fully saturated rings. The largest absolute Gasteiger partial charge is 0.487 e. The molecule has 2 aromatic carbocycles. The lowest BCUT2D eigenvalue weighted by atomic mass is 9.87. The number of hydrogen-bond acceptors (Lipinski definition) is 6. The van der Waals surface area contributed by atoms with E-state index in [4.69, 9.17) is 19.2 Å². The first-order valence-corrected chi connectivity index (χ1v) is 14.3. The van der Waals surface area contributed by atoms with E-state index in [1.807, 2.05) is 58.9 Å². The summed E-state index contributed by atoms with van der Waals surface area (Å²) in [4.78, 5) is 20.8. The number of nitrogens with zero attached hydrogens (tertiary/aromatic N) is 2. The van der Waals surface area contributed by atoms with Crippen molar-refractivity contribution in [3.63, 3.8) is 0 Å². The standard InChI is InChI=1S/C33H39FN2O5/c1-20-9-12-28(34)27(13-20)30-31(40-25-16-32(2,3)41-33(4,5)17-25)36-23(18-35-30)19-39-24-8-6-7-22(14-24)26(15-29(37)38)21-10-11-21/h6-9,12-14,18,21,25-26H,10-11,15-17,19H2,1-5H3,(H,37,38)/t26-/m0/s1. The molecule has 1 aromatic heterocycles. The second-order valence-electron chi connectivity index (χ2n) is 12.7. The quantitative estimate of drug-likeness (QED) is 0.278. The van der Waals surface area contributed by atoms with Gasteiger partial charge in [-0.15, -0.1) is 0 Å². The molecule has 0 unspecified atom stereocenters. The van der Waals surface area contributed by atoms with E-state index in [2.05, 4.69) is 4.98 Å². The number of aliphatic carboxylic acids is 1. The van der Waals surface area contributed by atoms with Crippen LogP contribution in [0.4, 0.5) is 4.39 Å². The minimum atomic E-state index is -0.794. The summed E-state index contributed by atoms with van der Waals surface area (Å²) in [5, 5.41) is 9.39. The van der Waals surface area contributed by atoms with Crippen LogP contribution >= 0.6 is 0 Å². The number of rotatable bonds is 10. The Morgan fingerprint density at radius 1 is 1.12 bits per heavy atom. The lowest BCUT2D eigenvalue weighted by molar-refractivity contribution is -0.182. The van der Waals surface area contributed by atoms with Crippen molar-refractivity contribution in [1.82, 2.24) is 9.97 Å². The van der Waals surface area contributed by atoms with E-state index in [-0.39, 0.29) is 42.1 Å². The molecule has 0 radical (unpaired) electrons. The van der Waals surface area contributed by atoms with Crippen LogP contribution < -0.4 is 9.47 Å². The SMILES string of the molecule is Cc1ccc(F)c(-c2ncc(COc3cccc([C@@H](CC(=O)O)C4CC4)c3)nc2OC2CC(C)(C)OC(C)(C)C2)c1. The van der Waals surface area contributed by atoms with Crippen LogP contribution in [0, 0.1) is 18.7 Å². The fourth-order valence-electron chi connectivity index (χ4n) is 6.04. The number of carboxylic acid groups (broad SMARTS) is 1. The van der Waals surface area contributed by atoms with E-state index in [1.54, 1.807) is 18.3 Å². The Morgan fingerprint density at radius 2 is 1.85 bits per heavy atom. The summed E-state index contributed by atoms with van der Waals surface area (Å²) in [6.45, 7) is 10.2. The van der Waals surface area contributed by atoms with Gasteiger partial charge in [-0.1, -0.05) is 23.8 Å². The maximum Gasteiger partial charge on any atom is 0.303 e. The summed E-state index contributed by atoms with van der Waals surface area (Å²) in [5.74, 6) is 0.0869. The predicted molar refractivity (Wildman–Crippen MR) is 154 cm³/mol. The van der Waals surface area contributed by atoms with Crippen molar-refractivity contribution in [2.75, 3.05) is 0 Å². The van der Waals surface area contributed by atoms with E-state index >= 15 is 0 Å². The van der Waals surface area contributed by atoms with Gasteiger partial charge in [-0.2, -0.15) is 0 Å². The molecule has 8 heteroatoms. The van der Waals surface area contributed by atoms with Crippen molar-refractivity contribution in [2.24, 2.45) is 5.92 Å². The predicted octanol–water partition coefficient (Wildman–Crippen LogP) is 7.25. The second kappa shape index (κ2) is 11.4. The molecule has 1 saturated heterocycles. The Hall–Kier alpha value is -3.52. The summed E-state index contributed by atoms with van der Waals surface area (Å²) in [6.07, 6.45) is 4.91.